The molecule has 0 radical (unpaired) electrons. The first-order chi connectivity index (χ1) is 7.13. The molecule has 0 aromatic rings. The summed E-state index contributed by atoms with van der Waals surface area (Å²) in [5, 5.41) is 0. The number of likely N-dealkylation sites (tertiary alicyclic amines) is 1. The molecule has 1 aliphatic rings. The van der Waals surface area contributed by atoms with Crippen molar-refractivity contribution in [2.24, 2.45) is 5.92 Å². The fourth-order valence-corrected chi connectivity index (χ4v) is 1.86. The molecule has 4 heteroatoms. The van der Waals surface area contributed by atoms with Crippen LogP contribution >= 0.6 is 0 Å². The van der Waals surface area contributed by atoms with Crippen LogP contribution in [0.1, 0.15) is 25.7 Å². The van der Waals surface area contributed by atoms with Crippen LogP contribution < -0.4 is 0 Å². The molecule has 4 nitrogen and oxygen atoms in total. The van der Waals surface area contributed by atoms with Gasteiger partial charge in [-0.15, -0.1) is 0 Å². The molecule has 0 saturated carbocycles. The number of methoxy groups -OCH3 is 1. The summed E-state index contributed by atoms with van der Waals surface area (Å²) in [7, 11) is 3.41. The topological polar surface area (TPSA) is 46.6 Å². The van der Waals surface area contributed by atoms with Gasteiger partial charge < -0.3 is 9.64 Å². The zero-order valence-corrected chi connectivity index (χ0v) is 9.49. The van der Waals surface area contributed by atoms with E-state index in [4.69, 9.17) is 0 Å². The number of carbonyl (C=O) groups excluding carboxylic acids is 2. The van der Waals surface area contributed by atoms with Gasteiger partial charge in [-0.3, -0.25) is 9.59 Å². The highest BCUT2D eigenvalue weighted by molar-refractivity contribution is 5.84. The third-order valence-corrected chi connectivity index (χ3v) is 2.98. The number of esters is 1. The van der Waals surface area contributed by atoms with Gasteiger partial charge in [0.1, 0.15) is 5.78 Å². The predicted molar refractivity (Wildman–Crippen MR) is 56.5 cm³/mol. The van der Waals surface area contributed by atoms with E-state index in [2.05, 4.69) is 16.7 Å². The normalized spacial score (nSPS) is 18.8. The second-order valence-corrected chi connectivity index (χ2v) is 4.12. The van der Waals surface area contributed by atoms with Crippen molar-refractivity contribution in [3.8, 4) is 0 Å². The maximum Gasteiger partial charge on any atom is 0.305 e. The Hall–Kier alpha value is -0.900. The Balaban J connectivity index is 2.25. The first-order valence-electron chi connectivity index (χ1n) is 5.41. The smallest absolute Gasteiger partial charge is 0.305 e. The Bertz CT molecular complexity index is 232. The third-order valence-electron chi connectivity index (χ3n) is 2.98. The number of carbonyl (C=O) groups is 2. The van der Waals surface area contributed by atoms with Gasteiger partial charge in [-0.25, -0.2) is 0 Å². The van der Waals surface area contributed by atoms with Gasteiger partial charge in [-0.1, -0.05) is 0 Å². The fraction of sp³-hybridized carbons (Fsp3) is 0.818. The SMILES string of the molecule is COC(=O)CCC(=O)C1CCN(C)CC1. The van der Waals surface area contributed by atoms with Crippen molar-refractivity contribution in [1.82, 2.24) is 4.90 Å². The van der Waals surface area contributed by atoms with Crippen molar-refractivity contribution >= 4 is 11.8 Å². The molecule has 1 heterocycles. The molecule has 0 N–H and O–H groups in total. The minimum Gasteiger partial charge on any atom is -0.469 e. The van der Waals surface area contributed by atoms with Crippen LogP contribution in [0.2, 0.25) is 0 Å². The van der Waals surface area contributed by atoms with E-state index in [0.29, 0.717) is 6.42 Å². The van der Waals surface area contributed by atoms with Crippen LogP contribution in [-0.4, -0.2) is 43.9 Å². The van der Waals surface area contributed by atoms with Crippen LogP contribution in [0.4, 0.5) is 0 Å². The van der Waals surface area contributed by atoms with Crippen molar-refractivity contribution < 1.29 is 14.3 Å². The second kappa shape index (κ2) is 5.85. The van der Waals surface area contributed by atoms with Gasteiger partial charge in [0.05, 0.1) is 13.5 Å². The monoisotopic (exact) mass is 213 g/mol. The molecule has 86 valence electrons. The maximum atomic E-state index is 11.7. The van der Waals surface area contributed by atoms with Gasteiger partial charge in [0.15, 0.2) is 0 Å². The number of piperidine rings is 1. The molecule has 0 aromatic carbocycles. The van der Waals surface area contributed by atoms with E-state index < -0.39 is 0 Å². The van der Waals surface area contributed by atoms with E-state index in [9.17, 15) is 9.59 Å². The van der Waals surface area contributed by atoms with Crippen LogP contribution in [0, 0.1) is 5.92 Å². The highest BCUT2D eigenvalue weighted by Crippen LogP contribution is 2.18. The maximum absolute atomic E-state index is 11.7. The first kappa shape index (κ1) is 12.2. The molecule has 1 fully saturated rings. The Morgan fingerprint density at radius 1 is 1.27 bits per heavy atom. The minimum absolute atomic E-state index is 0.158. The van der Waals surface area contributed by atoms with E-state index in [0.717, 1.165) is 25.9 Å². The Morgan fingerprint density at radius 3 is 2.40 bits per heavy atom. The van der Waals surface area contributed by atoms with Gasteiger partial charge in [-0.05, 0) is 33.0 Å². The first-order valence-corrected chi connectivity index (χ1v) is 5.41. The number of ketones is 1. The van der Waals surface area contributed by atoms with E-state index >= 15 is 0 Å². The molecule has 0 amide bonds. The van der Waals surface area contributed by atoms with Gasteiger partial charge in [-0.2, -0.15) is 0 Å². The van der Waals surface area contributed by atoms with E-state index in [1.54, 1.807) is 0 Å². The second-order valence-electron chi connectivity index (χ2n) is 4.12. The molecule has 15 heavy (non-hydrogen) atoms. The van der Waals surface area contributed by atoms with Crippen LogP contribution in [0.15, 0.2) is 0 Å². The number of hydrogen-bond donors (Lipinski definition) is 0. The molecule has 1 saturated heterocycles. The minimum atomic E-state index is -0.295. The van der Waals surface area contributed by atoms with Crippen molar-refractivity contribution in [2.45, 2.75) is 25.7 Å². The van der Waals surface area contributed by atoms with Gasteiger partial charge in [0, 0.05) is 12.3 Å². The largest absolute Gasteiger partial charge is 0.469 e. The van der Waals surface area contributed by atoms with Gasteiger partial charge in [0.25, 0.3) is 0 Å². The summed E-state index contributed by atoms with van der Waals surface area (Å²) in [5.74, 6) is 0.0793. The van der Waals surface area contributed by atoms with E-state index in [1.807, 2.05) is 0 Å². The molecule has 1 rings (SSSR count). The predicted octanol–water partition coefficient (Wildman–Crippen LogP) is 0.850. The van der Waals surface area contributed by atoms with Gasteiger partial charge >= 0.3 is 5.97 Å². The van der Waals surface area contributed by atoms with Crippen LogP contribution in [0.5, 0.6) is 0 Å². The third kappa shape index (κ3) is 4.00. The highest BCUT2D eigenvalue weighted by Gasteiger charge is 2.23. The molecule has 0 aromatic heterocycles. The zero-order chi connectivity index (χ0) is 11.3. The molecule has 0 spiro atoms. The van der Waals surface area contributed by atoms with Crippen molar-refractivity contribution in [2.75, 3.05) is 27.2 Å². The summed E-state index contributed by atoms with van der Waals surface area (Å²) < 4.78 is 4.51. The quantitative estimate of drug-likeness (QED) is 0.649. The number of rotatable bonds is 4. The Kier molecular flexibility index (Phi) is 4.75. The summed E-state index contributed by atoms with van der Waals surface area (Å²) in [6.45, 7) is 1.96. The lowest BCUT2D eigenvalue weighted by atomic mass is 9.90. The lowest BCUT2D eigenvalue weighted by Crippen LogP contribution is -2.33. The molecule has 0 bridgehead atoms. The van der Waals surface area contributed by atoms with Gasteiger partial charge in [0.2, 0.25) is 0 Å². The van der Waals surface area contributed by atoms with Crippen molar-refractivity contribution in [1.29, 1.82) is 0 Å². The summed E-state index contributed by atoms with van der Waals surface area (Å²) in [4.78, 5) is 24.8. The van der Waals surface area contributed by atoms with Crippen LogP contribution in [0.3, 0.4) is 0 Å². The summed E-state index contributed by atoms with van der Waals surface area (Å²) >= 11 is 0. The molecular formula is C11H19NO3. The van der Waals surface area contributed by atoms with Crippen LogP contribution in [0.25, 0.3) is 0 Å². The lowest BCUT2D eigenvalue weighted by molar-refractivity contribution is -0.142. The average molecular weight is 213 g/mol. The number of Topliss-reactive ketones (excluding diaryl/α,β-unsaturated/α-hetero) is 1. The zero-order valence-electron chi connectivity index (χ0n) is 9.49. The number of hydrogen-bond acceptors (Lipinski definition) is 4. The Labute approximate surface area is 90.6 Å². The summed E-state index contributed by atoms with van der Waals surface area (Å²) in [6.07, 6.45) is 2.41. The van der Waals surface area contributed by atoms with E-state index in [-0.39, 0.29) is 24.1 Å². The molecular weight excluding hydrogens is 194 g/mol. The van der Waals surface area contributed by atoms with Crippen LogP contribution in [-0.2, 0) is 14.3 Å². The average Bonchev–Trinajstić information content (AvgIpc) is 2.26. The highest BCUT2D eigenvalue weighted by atomic mass is 16.5. The number of nitrogens with zero attached hydrogens (tertiary/aromatic N) is 1. The van der Waals surface area contributed by atoms with E-state index in [1.165, 1.54) is 7.11 Å². The summed E-state index contributed by atoms with van der Waals surface area (Å²) in [6, 6.07) is 0. The molecule has 0 atom stereocenters. The summed E-state index contributed by atoms with van der Waals surface area (Å²) in [5.41, 5.74) is 0. The molecule has 0 unspecified atom stereocenters. The van der Waals surface area contributed by atoms with Crippen molar-refractivity contribution in [3.05, 3.63) is 0 Å². The van der Waals surface area contributed by atoms with Crippen molar-refractivity contribution in [3.63, 3.8) is 0 Å². The lowest BCUT2D eigenvalue weighted by Gasteiger charge is -2.27. The molecule has 1 aliphatic heterocycles. The standard InChI is InChI=1S/C11H19NO3/c1-12-7-5-9(6-8-12)10(13)3-4-11(14)15-2/h9H,3-8H2,1-2H3. The molecule has 0 aliphatic carbocycles. The number of ether oxygens (including phenoxy) is 1. The Morgan fingerprint density at radius 2 is 1.87 bits per heavy atom. The fourth-order valence-electron chi connectivity index (χ4n) is 1.86.